The third-order valence-corrected chi connectivity index (χ3v) is 9.00. The monoisotopic (exact) mass is 470 g/mol. The van der Waals surface area contributed by atoms with Crippen LogP contribution in [0.2, 0.25) is 0 Å². The lowest BCUT2D eigenvalue weighted by atomic mass is 9.63. The van der Waals surface area contributed by atoms with E-state index < -0.39 is 6.10 Å². The molecule has 0 aliphatic heterocycles. The Hall–Kier alpha value is -1.27. The summed E-state index contributed by atoms with van der Waals surface area (Å²) in [4.78, 5) is 5.06. The van der Waals surface area contributed by atoms with Gasteiger partial charge in [0, 0.05) is 23.4 Å². The number of hydrogen-bond acceptors (Lipinski definition) is 5. The van der Waals surface area contributed by atoms with Gasteiger partial charge >= 0.3 is 0 Å². The maximum atomic E-state index is 9.49. The Morgan fingerprint density at radius 3 is 2.45 bits per heavy atom. The minimum atomic E-state index is -0.597. The van der Waals surface area contributed by atoms with Crippen LogP contribution in [0, 0.1) is 5.92 Å². The van der Waals surface area contributed by atoms with Gasteiger partial charge in [-0.05, 0) is 85.4 Å². The lowest BCUT2D eigenvalue weighted by molar-refractivity contribution is 0.0870. The van der Waals surface area contributed by atoms with E-state index in [1.165, 1.54) is 60.2 Å². The molecule has 3 N–H and O–H groups in total. The highest BCUT2D eigenvalue weighted by molar-refractivity contribution is 7.09. The molecule has 1 saturated carbocycles. The number of aliphatic hydroxyl groups is 2. The van der Waals surface area contributed by atoms with E-state index in [1.54, 1.807) is 0 Å². The smallest absolute Gasteiger partial charge is 0.0935 e. The molecule has 1 unspecified atom stereocenters. The summed E-state index contributed by atoms with van der Waals surface area (Å²) in [6.07, 6.45) is 8.43. The highest BCUT2D eigenvalue weighted by Gasteiger charge is 2.37. The summed E-state index contributed by atoms with van der Waals surface area (Å²) in [5.74, 6) is 0.716. The summed E-state index contributed by atoms with van der Waals surface area (Å²) in [7, 11) is 0. The minimum absolute atomic E-state index is 0.147. The molecule has 0 radical (unpaired) electrons. The number of fused-ring (bicyclic) bond motifs is 1. The molecule has 1 atom stereocenters. The molecule has 1 heterocycles. The first-order valence-corrected chi connectivity index (χ1v) is 13.7. The van der Waals surface area contributed by atoms with Gasteiger partial charge in [-0.25, -0.2) is 4.98 Å². The van der Waals surface area contributed by atoms with Crippen molar-refractivity contribution in [3.8, 4) is 11.3 Å². The zero-order chi connectivity index (χ0) is 23.6. The van der Waals surface area contributed by atoms with Crippen molar-refractivity contribution in [1.29, 1.82) is 0 Å². The number of hydrogen-bond donors (Lipinski definition) is 3. The fourth-order valence-electron chi connectivity index (χ4n) is 5.65. The third kappa shape index (κ3) is 5.87. The molecular formula is C28H42N2O2S. The number of aliphatic hydroxyl groups excluding tert-OH is 2. The standard InChI is InChI=1S/C28H42N2O2S/c1-27(2)12-13-28(3,4)24-16-20(7-10-23(24)27)25-18-33-26(30-25)15-19-5-8-21(9-6-19)29-14-11-22(32)17-31/h7,10,16,18-19,21-22,29,31-32H,5-6,8-9,11-15,17H2,1-4H3. The predicted octanol–water partition coefficient (Wildman–Crippen LogP) is 5.59. The second-order valence-electron chi connectivity index (χ2n) is 11.7. The lowest BCUT2D eigenvalue weighted by Crippen LogP contribution is -2.35. The molecule has 5 heteroatoms. The van der Waals surface area contributed by atoms with Gasteiger partial charge in [0.1, 0.15) is 0 Å². The summed E-state index contributed by atoms with van der Waals surface area (Å²) < 4.78 is 0. The number of nitrogens with one attached hydrogen (secondary N) is 1. The molecule has 0 amide bonds. The van der Waals surface area contributed by atoms with Crippen LogP contribution in [0.4, 0.5) is 0 Å². The third-order valence-electron chi connectivity index (χ3n) is 8.13. The van der Waals surface area contributed by atoms with Crippen LogP contribution in [0.15, 0.2) is 23.6 Å². The van der Waals surface area contributed by atoms with Crippen LogP contribution in [0.3, 0.4) is 0 Å². The normalized spacial score (nSPS) is 24.9. The topological polar surface area (TPSA) is 65.4 Å². The number of benzene rings is 1. The van der Waals surface area contributed by atoms with Crippen molar-refractivity contribution in [2.45, 2.75) is 102 Å². The van der Waals surface area contributed by atoms with E-state index in [2.05, 4.69) is 56.6 Å². The number of thiazole rings is 1. The van der Waals surface area contributed by atoms with E-state index in [4.69, 9.17) is 10.1 Å². The molecule has 1 aromatic heterocycles. The maximum Gasteiger partial charge on any atom is 0.0935 e. The van der Waals surface area contributed by atoms with Gasteiger partial charge < -0.3 is 15.5 Å². The Balaban J connectivity index is 1.35. The van der Waals surface area contributed by atoms with E-state index in [0.717, 1.165) is 18.7 Å². The molecule has 1 aromatic carbocycles. The average Bonchev–Trinajstić information content (AvgIpc) is 3.26. The first kappa shape index (κ1) is 24.8. The number of aromatic nitrogens is 1. The first-order chi connectivity index (χ1) is 15.7. The summed E-state index contributed by atoms with van der Waals surface area (Å²) >= 11 is 1.82. The van der Waals surface area contributed by atoms with Gasteiger partial charge in [-0.15, -0.1) is 11.3 Å². The van der Waals surface area contributed by atoms with Crippen LogP contribution in [0.25, 0.3) is 11.3 Å². The Bertz CT molecular complexity index is 928. The van der Waals surface area contributed by atoms with Crippen molar-refractivity contribution in [3.63, 3.8) is 0 Å². The highest BCUT2D eigenvalue weighted by Crippen LogP contribution is 2.46. The van der Waals surface area contributed by atoms with Crippen LogP contribution < -0.4 is 5.32 Å². The van der Waals surface area contributed by atoms with E-state index in [9.17, 15) is 5.11 Å². The maximum absolute atomic E-state index is 9.49. The summed E-state index contributed by atoms with van der Waals surface area (Å²) in [6.45, 7) is 10.2. The molecule has 1 fully saturated rings. The molecular weight excluding hydrogens is 428 g/mol. The molecule has 2 aromatic rings. The molecule has 33 heavy (non-hydrogen) atoms. The molecule has 2 aliphatic carbocycles. The molecule has 2 aliphatic rings. The molecule has 0 spiro atoms. The lowest BCUT2D eigenvalue weighted by Gasteiger charge is -2.42. The fourth-order valence-corrected chi connectivity index (χ4v) is 6.57. The van der Waals surface area contributed by atoms with Gasteiger partial charge in [0.25, 0.3) is 0 Å². The van der Waals surface area contributed by atoms with E-state index in [1.807, 2.05) is 11.3 Å². The Labute approximate surface area is 203 Å². The summed E-state index contributed by atoms with van der Waals surface area (Å²) in [6, 6.07) is 7.60. The Morgan fingerprint density at radius 1 is 1.06 bits per heavy atom. The van der Waals surface area contributed by atoms with Crippen molar-refractivity contribution >= 4 is 11.3 Å². The molecule has 4 nitrogen and oxygen atoms in total. The average molecular weight is 471 g/mol. The molecule has 0 saturated heterocycles. The zero-order valence-electron chi connectivity index (χ0n) is 20.9. The van der Waals surface area contributed by atoms with Crippen LogP contribution in [0.1, 0.15) is 88.8 Å². The van der Waals surface area contributed by atoms with Gasteiger partial charge in [-0.3, -0.25) is 0 Å². The summed E-state index contributed by atoms with van der Waals surface area (Å²) in [5, 5.41) is 25.5. The van der Waals surface area contributed by atoms with Crippen molar-refractivity contribution in [1.82, 2.24) is 10.3 Å². The quantitative estimate of drug-likeness (QED) is 0.470. The van der Waals surface area contributed by atoms with Gasteiger partial charge in [-0.1, -0.05) is 39.8 Å². The first-order valence-electron chi connectivity index (χ1n) is 12.8. The van der Waals surface area contributed by atoms with Crippen molar-refractivity contribution < 1.29 is 10.2 Å². The molecule has 182 valence electrons. The van der Waals surface area contributed by atoms with Gasteiger partial charge in [0.05, 0.1) is 23.4 Å². The highest BCUT2D eigenvalue weighted by atomic mass is 32.1. The number of nitrogens with zero attached hydrogens (tertiary/aromatic N) is 1. The van der Waals surface area contributed by atoms with E-state index in [-0.39, 0.29) is 17.4 Å². The van der Waals surface area contributed by atoms with Crippen LogP contribution in [-0.4, -0.2) is 40.5 Å². The van der Waals surface area contributed by atoms with Gasteiger partial charge in [-0.2, -0.15) is 0 Å². The zero-order valence-corrected chi connectivity index (χ0v) is 21.7. The minimum Gasteiger partial charge on any atom is -0.394 e. The Kier molecular flexibility index (Phi) is 7.64. The van der Waals surface area contributed by atoms with Gasteiger partial charge in [0.15, 0.2) is 0 Å². The molecule has 0 bridgehead atoms. The fraction of sp³-hybridized carbons (Fsp3) is 0.679. The molecule has 4 rings (SSSR count). The Morgan fingerprint density at radius 2 is 1.76 bits per heavy atom. The van der Waals surface area contributed by atoms with Crippen molar-refractivity contribution in [2.75, 3.05) is 13.2 Å². The summed E-state index contributed by atoms with van der Waals surface area (Å²) in [5.41, 5.74) is 5.89. The second-order valence-corrected chi connectivity index (χ2v) is 12.6. The van der Waals surface area contributed by atoms with E-state index in [0.29, 0.717) is 18.4 Å². The largest absolute Gasteiger partial charge is 0.394 e. The van der Waals surface area contributed by atoms with E-state index >= 15 is 0 Å². The predicted molar refractivity (Wildman–Crippen MR) is 138 cm³/mol. The van der Waals surface area contributed by atoms with Gasteiger partial charge in [0.2, 0.25) is 0 Å². The van der Waals surface area contributed by atoms with Crippen LogP contribution >= 0.6 is 11.3 Å². The van der Waals surface area contributed by atoms with Crippen molar-refractivity contribution in [2.24, 2.45) is 5.92 Å². The van der Waals surface area contributed by atoms with Crippen molar-refractivity contribution in [3.05, 3.63) is 39.7 Å². The SMILES string of the molecule is CC1(C)CCC(C)(C)c2cc(-c3csc(CC4CCC(NCCC(O)CO)CC4)n3)ccc21. The van der Waals surface area contributed by atoms with Crippen LogP contribution in [0.5, 0.6) is 0 Å². The second kappa shape index (κ2) is 10.2. The number of rotatable bonds is 8. The van der Waals surface area contributed by atoms with Crippen LogP contribution in [-0.2, 0) is 17.3 Å².